The molecular weight excluding hydrogens is 288 g/mol. The predicted molar refractivity (Wildman–Crippen MR) is 87.7 cm³/mol. The molecule has 0 aliphatic heterocycles. The summed E-state index contributed by atoms with van der Waals surface area (Å²) < 4.78 is 0. The van der Waals surface area contributed by atoms with Crippen LogP contribution in [0.15, 0.2) is 11.6 Å². The molecule has 0 spiro atoms. The third kappa shape index (κ3) is 1.98. The average Bonchev–Trinajstić information content (AvgIpc) is 2.83. The highest BCUT2D eigenvalue weighted by Gasteiger charge is 2.60. The maximum atomic E-state index is 12.5. The largest absolute Gasteiger partial charge is 0.396 e. The highest BCUT2D eigenvalue weighted by molar-refractivity contribution is 5.92. The molecule has 23 heavy (non-hydrogen) atoms. The van der Waals surface area contributed by atoms with E-state index >= 15 is 0 Å². The van der Waals surface area contributed by atoms with Crippen molar-refractivity contribution in [3.63, 3.8) is 0 Å². The highest BCUT2D eigenvalue weighted by Crippen LogP contribution is 2.65. The molecular formula is C20H28O3. The standard InChI is InChI=1S/C20H28O3/c1-19-7-5-13(22)10-17(19)12(11-21)9-14-15-3-4-18(23)20(15,2)8-6-16(14)19/h10,12,14-16,21H,3-9,11H2,1-2H3/t12-,14+,15+,16+,19-,20+/m1/s1. The van der Waals surface area contributed by atoms with Gasteiger partial charge in [-0.1, -0.05) is 19.4 Å². The first-order valence-electron chi connectivity index (χ1n) is 9.29. The van der Waals surface area contributed by atoms with Gasteiger partial charge in [-0.2, -0.15) is 0 Å². The Morgan fingerprint density at radius 2 is 1.83 bits per heavy atom. The lowest BCUT2D eigenvalue weighted by atomic mass is 9.45. The van der Waals surface area contributed by atoms with E-state index in [4.69, 9.17) is 0 Å². The minimum atomic E-state index is -0.122. The molecule has 4 aliphatic carbocycles. The van der Waals surface area contributed by atoms with E-state index in [1.807, 2.05) is 6.08 Å². The SMILES string of the molecule is C[C@]12CCC(=O)C=C1[C@@H](CO)C[C@@H]1[C@@H]2CC[C@]2(C)C(=O)CC[C@@H]12. The molecule has 0 bridgehead atoms. The summed E-state index contributed by atoms with van der Waals surface area (Å²) in [5, 5.41) is 9.96. The van der Waals surface area contributed by atoms with Gasteiger partial charge in [-0.3, -0.25) is 9.59 Å². The molecule has 0 saturated heterocycles. The second-order valence-corrected chi connectivity index (χ2v) is 8.89. The van der Waals surface area contributed by atoms with Gasteiger partial charge in [0.25, 0.3) is 0 Å². The minimum absolute atomic E-state index is 0.0528. The van der Waals surface area contributed by atoms with Crippen molar-refractivity contribution in [1.29, 1.82) is 0 Å². The first-order chi connectivity index (χ1) is 10.9. The number of hydrogen-bond acceptors (Lipinski definition) is 3. The third-order valence-corrected chi connectivity index (χ3v) is 8.05. The monoisotopic (exact) mass is 316 g/mol. The van der Waals surface area contributed by atoms with Gasteiger partial charge in [-0.25, -0.2) is 0 Å². The summed E-state index contributed by atoms with van der Waals surface area (Å²) in [5.41, 5.74) is 1.14. The Bertz CT molecular complexity index is 592. The number of carbonyl (C=O) groups is 2. The quantitative estimate of drug-likeness (QED) is 0.807. The van der Waals surface area contributed by atoms with E-state index in [9.17, 15) is 14.7 Å². The molecule has 3 nitrogen and oxygen atoms in total. The van der Waals surface area contributed by atoms with Crippen LogP contribution in [-0.4, -0.2) is 23.3 Å². The van der Waals surface area contributed by atoms with Crippen molar-refractivity contribution >= 4 is 11.6 Å². The number of carbonyl (C=O) groups excluding carboxylic acids is 2. The van der Waals surface area contributed by atoms with Crippen LogP contribution in [0.4, 0.5) is 0 Å². The minimum Gasteiger partial charge on any atom is -0.396 e. The summed E-state index contributed by atoms with van der Waals surface area (Å²) in [6.45, 7) is 4.65. The first kappa shape index (κ1) is 15.6. The number of Topliss-reactive ketones (excluding diaryl/α,β-unsaturated/α-hetero) is 1. The summed E-state index contributed by atoms with van der Waals surface area (Å²) in [4.78, 5) is 24.4. The molecule has 3 heteroatoms. The smallest absolute Gasteiger partial charge is 0.155 e. The van der Waals surface area contributed by atoms with Gasteiger partial charge in [0, 0.05) is 30.8 Å². The zero-order chi connectivity index (χ0) is 16.4. The number of aliphatic hydroxyl groups is 1. The Balaban J connectivity index is 1.75. The Kier molecular flexibility index (Phi) is 3.39. The van der Waals surface area contributed by atoms with Crippen molar-refractivity contribution in [1.82, 2.24) is 0 Å². The molecule has 0 aromatic carbocycles. The van der Waals surface area contributed by atoms with Crippen LogP contribution in [0.25, 0.3) is 0 Å². The number of aliphatic hydroxyl groups excluding tert-OH is 1. The molecule has 0 heterocycles. The van der Waals surface area contributed by atoms with Gasteiger partial charge in [0.15, 0.2) is 5.78 Å². The number of ketones is 2. The Hall–Kier alpha value is -0.960. The lowest BCUT2D eigenvalue weighted by molar-refractivity contribution is -0.133. The van der Waals surface area contributed by atoms with Crippen LogP contribution >= 0.6 is 0 Å². The lowest BCUT2D eigenvalue weighted by Gasteiger charge is -2.58. The molecule has 0 aromatic rings. The average molecular weight is 316 g/mol. The van der Waals surface area contributed by atoms with Crippen molar-refractivity contribution in [2.75, 3.05) is 6.61 Å². The fourth-order valence-electron chi connectivity index (χ4n) is 6.73. The topological polar surface area (TPSA) is 54.4 Å². The first-order valence-corrected chi connectivity index (χ1v) is 9.29. The molecule has 6 atom stereocenters. The molecule has 126 valence electrons. The van der Waals surface area contributed by atoms with Crippen LogP contribution in [0.5, 0.6) is 0 Å². The second-order valence-electron chi connectivity index (χ2n) is 8.89. The fraction of sp³-hybridized carbons (Fsp3) is 0.800. The molecule has 3 fully saturated rings. The Morgan fingerprint density at radius 1 is 1.09 bits per heavy atom. The van der Waals surface area contributed by atoms with E-state index in [2.05, 4.69) is 13.8 Å². The van der Waals surface area contributed by atoms with Crippen LogP contribution in [0.3, 0.4) is 0 Å². The molecule has 3 saturated carbocycles. The molecule has 0 aromatic heterocycles. The summed E-state index contributed by atoms with van der Waals surface area (Å²) >= 11 is 0. The van der Waals surface area contributed by atoms with E-state index in [0.717, 1.165) is 38.5 Å². The molecule has 0 radical (unpaired) electrons. The van der Waals surface area contributed by atoms with Gasteiger partial charge in [0.1, 0.15) is 5.78 Å². The van der Waals surface area contributed by atoms with Crippen molar-refractivity contribution in [2.24, 2.45) is 34.5 Å². The van der Waals surface area contributed by atoms with Gasteiger partial charge in [-0.05, 0) is 61.3 Å². The zero-order valence-electron chi connectivity index (χ0n) is 14.3. The van der Waals surface area contributed by atoms with Crippen molar-refractivity contribution < 1.29 is 14.7 Å². The maximum Gasteiger partial charge on any atom is 0.155 e. The second kappa shape index (κ2) is 5.02. The summed E-state index contributed by atoms with van der Waals surface area (Å²) in [6, 6.07) is 0. The zero-order valence-corrected chi connectivity index (χ0v) is 14.3. The number of fused-ring (bicyclic) bond motifs is 5. The molecule has 4 aliphatic rings. The van der Waals surface area contributed by atoms with Crippen molar-refractivity contribution in [3.8, 4) is 0 Å². The number of rotatable bonds is 1. The van der Waals surface area contributed by atoms with E-state index in [0.29, 0.717) is 30.0 Å². The maximum absolute atomic E-state index is 12.5. The van der Waals surface area contributed by atoms with Crippen LogP contribution < -0.4 is 0 Å². The van der Waals surface area contributed by atoms with Crippen molar-refractivity contribution in [3.05, 3.63) is 11.6 Å². The van der Waals surface area contributed by atoms with Gasteiger partial charge in [0.05, 0.1) is 0 Å². The van der Waals surface area contributed by atoms with Gasteiger partial charge >= 0.3 is 0 Å². The molecule has 1 N–H and O–H groups in total. The summed E-state index contributed by atoms with van der Waals surface area (Å²) in [6.07, 6.45) is 8.27. The molecule has 4 rings (SSSR count). The normalized spacial score (nSPS) is 49.3. The molecule has 0 amide bonds. The van der Waals surface area contributed by atoms with Gasteiger partial charge in [0.2, 0.25) is 0 Å². The predicted octanol–water partition coefficient (Wildman–Crippen LogP) is 3.31. The van der Waals surface area contributed by atoms with Crippen LogP contribution in [-0.2, 0) is 9.59 Å². The summed E-state index contributed by atoms with van der Waals surface area (Å²) in [5.74, 6) is 2.40. The number of hydrogen-bond donors (Lipinski definition) is 1. The summed E-state index contributed by atoms with van der Waals surface area (Å²) in [7, 11) is 0. The van der Waals surface area contributed by atoms with Gasteiger partial charge in [-0.15, -0.1) is 0 Å². The Morgan fingerprint density at radius 3 is 2.57 bits per heavy atom. The van der Waals surface area contributed by atoms with E-state index in [1.165, 1.54) is 5.57 Å². The fourth-order valence-corrected chi connectivity index (χ4v) is 6.73. The Labute approximate surface area is 138 Å². The van der Waals surface area contributed by atoms with E-state index in [1.54, 1.807) is 0 Å². The van der Waals surface area contributed by atoms with Crippen LogP contribution in [0.1, 0.15) is 58.8 Å². The van der Waals surface area contributed by atoms with Crippen molar-refractivity contribution in [2.45, 2.75) is 58.8 Å². The third-order valence-electron chi connectivity index (χ3n) is 8.05. The highest BCUT2D eigenvalue weighted by atomic mass is 16.3. The van der Waals surface area contributed by atoms with Gasteiger partial charge < -0.3 is 5.11 Å². The van der Waals surface area contributed by atoms with E-state index < -0.39 is 0 Å². The van der Waals surface area contributed by atoms with E-state index in [-0.39, 0.29) is 29.1 Å². The lowest BCUT2D eigenvalue weighted by Crippen LogP contribution is -2.53. The molecule has 0 unspecified atom stereocenters. The van der Waals surface area contributed by atoms with Crippen LogP contribution in [0, 0.1) is 34.5 Å². The van der Waals surface area contributed by atoms with Crippen LogP contribution in [0.2, 0.25) is 0 Å².